The van der Waals surface area contributed by atoms with Gasteiger partial charge in [0, 0.05) is 30.3 Å². The quantitative estimate of drug-likeness (QED) is 0.790. The van der Waals surface area contributed by atoms with E-state index >= 15 is 0 Å². The van der Waals surface area contributed by atoms with Crippen molar-refractivity contribution in [2.24, 2.45) is 0 Å². The molecule has 1 saturated heterocycles. The minimum absolute atomic E-state index is 0.175. The van der Waals surface area contributed by atoms with E-state index in [2.05, 4.69) is 31.1 Å². The van der Waals surface area contributed by atoms with E-state index in [4.69, 9.17) is 11.6 Å². The average Bonchev–Trinajstić information content (AvgIpc) is 2.45. The van der Waals surface area contributed by atoms with E-state index in [0.29, 0.717) is 23.0 Å². The Balaban J connectivity index is 1.85. The van der Waals surface area contributed by atoms with Crippen molar-refractivity contribution in [1.29, 1.82) is 0 Å². The fourth-order valence-corrected chi connectivity index (χ4v) is 2.89. The van der Waals surface area contributed by atoms with Crippen molar-refractivity contribution >= 4 is 33.4 Å². The number of carbonyl (C=O) groups is 1. The van der Waals surface area contributed by atoms with Gasteiger partial charge in [0.25, 0.3) is 5.91 Å². The number of hydrogen-bond acceptors (Lipinski definition) is 4. The molecule has 0 aromatic carbocycles. The van der Waals surface area contributed by atoms with Gasteiger partial charge in [-0.15, -0.1) is 0 Å². The number of aromatic nitrogens is 1. The molecule has 7 heteroatoms. The molecular formula is C14H19BrClN3O2. The lowest BCUT2D eigenvalue weighted by Gasteiger charge is -2.36. The van der Waals surface area contributed by atoms with Crippen molar-refractivity contribution < 1.29 is 9.90 Å². The van der Waals surface area contributed by atoms with Crippen LogP contribution in [0.1, 0.15) is 29.6 Å². The molecule has 0 atom stereocenters. The number of amides is 1. The topological polar surface area (TPSA) is 65.5 Å². The van der Waals surface area contributed by atoms with E-state index in [-0.39, 0.29) is 11.1 Å². The van der Waals surface area contributed by atoms with Crippen LogP contribution in [0.15, 0.2) is 16.7 Å². The van der Waals surface area contributed by atoms with Gasteiger partial charge < -0.3 is 15.3 Å². The van der Waals surface area contributed by atoms with Crippen LogP contribution in [0.3, 0.4) is 0 Å². The van der Waals surface area contributed by atoms with Gasteiger partial charge in [-0.2, -0.15) is 0 Å². The Kier molecular flexibility index (Phi) is 5.60. The van der Waals surface area contributed by atoms with Crippen LogP contribution in [0.5, 0.6) is 0 Å². The number of rotatable bonds is 4. The van der Waals surface area contributed by atoms with Gasteiger partial charge in [0.1, 0.15) is 5.15 Å². The maximum absolute atomic E-state index is 12.1. The van der Waals surface area contributed by atoms with Crippen LogP contribution in [-0.4, -0.2) is 53.2 Å². The van der Waals surface area contributed by atoms with Crippen LogP contribution in [-0.2, 0) is 0 Å². The summed E-state index contributed by atoms with van der Waals surface area (Å²) in [6.07, 6.45) is 3.56. The van der Waals surface area contributed by atoms with Crippen molar-refractivity contribution in [2.75, 3.05) is 26.7 Å². The van der Waals surface area contributed by atoms with Crippen LogP contribution in [0.2, 0.25) is 5.15 Å². The number of aliphatic hydroxyl groups is 1. The molecule has 0 saturated carbocycles. The number of pyridine rings is 1. The Labute approximate surface area is 137 Å². The first kappa shape index (κ1) is 16.7. The first-order chi connectivity index (χ1) is 9.89. The van der Waals surface area contributed by atoms with Crippen LogP contribution in [0.25, 0.3) is 0 Å². The molecule has 0 spiro atoms. The van der Waals surface area contributed by atoms with Crippen LogP contribution in [0.4, 0.5) is 0 Å². The molecule has 2 heterocycles. The zero-order valence-electron chi connectivity index (χ0n) is 11.9. The minimum atomic E-state index is -0.681. The summed E-state index contributed by atoms with van der Waals surface area (Å²) in [5, 5.41) is 13.4. The maximum Gasteiger partial charge on any atom is 0.254 e. The molecule has 1 fully saturated rings. The predicted molar refractivity (Wildman–Crippen MR) is 85.6 cm³/mol. The third kappa shape index (κ3) is 4.64. The van der Waals surface area contributed by atoms with Gasteiger partial charge in [0.2, 0.25) is 0 Å². The van der Waals surface area contributed by atoms with Gasteiger partial charge in [-0.05, 0) is 48.3 Å². The molecule has 1 aliphatic heterocycles. The summed E-state index contributed by atoms with van der Waals surface area (Å²) in [5.41, 5.74) is -0.347. The maximum atomic E-state index is 12.1. The van der Waals surface area contributed by atoms with Gasteiger partial charge in [0.15, 0.2) is 0 Å². The standard InChI is InChI=1S/C14H19BrClN3O2/c1-19-6-3-14(21,4-7-19)2-5-17-13(20)11-8-10(15)9-18-12(11)16/h8-9,21H,2-7H2,1H3,(H,17,20). The zero-order chi connectivity index (χ0) is 15.5. The highest BCUT2D eigenvalue weighted by Crippen LogP contribution is 2.24. The average molecular weight is 377 g/mol. The Morgan fingerprint density at radius 2 is 2.24 bits per heavy atom. The molecule has 1 amide bonds. The van der Waals surface area contributed by atoms with Gasteiger partial charge >= 0.3 is 0 Å². The molecule has 0 unspecified atom stereocenters. The molecule has 0 aliphatic carbocycles. The molecule has 2 N–H and O–H groups in total. The Hall–Kier alpha value is -0.690. The highest BCUT2D eigenvalue weighted by molar-refractivity contribution is 9.10. The summed E-state index contributed by atoms with van der Waals surface area (Å²) in [7, 11) is 2.05. The summed E-state index contributed by atoms with van der Waals surface area (Å²) < 4.78 is 0.700. The highest BCUT2D eigenvalue weighted by Gasteiger charge is 2.30. The normalized spacial score (nSPS) is 18.5. The van der Waals surface area contributed by atoms with Crippen LogP contribution >= 0.6 is 27.5 Å². The summed E-state index contributed by atoms with van der Waals surface area (Å²) in [6.45, 7) is 2.18. The van der Waals surface area contributed by atoms with E-state index in [1.807, 2.05) is 7.05 Å². The predicted octanol–water partition coefficient (Wildman–Crippen LogP) is 2.07. The van der Waals surface area contributed by atoms with Gasteiger partial charge in [-0.1, -0.05) is 11.6 Å². The van der Waals surface area contributed by atoms with Gasteiger partial charge in [0.05, 0.1) is 11.2 Å². The van der Waals surface area contributed by atoms with Crippen LogP contribution < -0.4 is 5.32 Å². The first-order valence-corrected chi connectivity index (χ1v) is 8.07. The summed E-state index contributed by atoms with van der Waals surface area (Å²) in [5.74, 6) is -0.273. The second-order valence-corrected chi connectivity index (χ2v) is 6.80. The fourth-order valence-electron chi connectivity index (χ4n) is 2.37. The molecule has 21 heavy (non-hydrogen) atoms. The number of piperidine rings is 1. The lowest BCUT2D eigenvalue weighted by molar-refractivity contribution is -0.0214. The molecule has 1 aromatic rings. The number of nitrogens with zero attached hydrogens (tertiary/aromatic N) is 2. The Morgan fingerprint density at radius 3 is 2.90 bits per heavy atom. The molecule has 5 nitrogen and oxygen atoms in total. The SMILES string of the molecule is CN1CCC(O)(CCNC(=O)c2cc(Br)cnc2Cl)CC1. The lowest BCUT2D eigenvalue weighted by Crippen LogP contribution is -2.44. The molecule has 1 aromatic heterocycles. The molecule has 116 valence electrons. The number of halogens is 2. The van der Waals surface area contributed by atoms with E-state index in [9.17, 15) is 9.90 Å². The molecule has 1 aliphatic rings. The van der Waals surface area contributed by atoms with Crippen LogP contribution in [0, 0.1) is 0 Å². The molecule has 0 bridgehead atoms. The smallest absolute Gasteiger partial charge is 0.254 e. The monoisotopic (exact) mass is 375 g/mol. The Morgan fingerprint density at radius 1 is 1.57 bits per heavy atom. The highest BCUT2D eigenvalue weighted by atomic mass is 79.9. The largest absolute Gasteiger partial charge is 0.390 e. The molecule has 2 rings (SSSR count). The second-order valence-electron chi connectivity index (χ2n) is 5.53. The fraction of sp³-hybridized carbons (Fsp3) is 0.571. The van der Waals surface area contributed by atoms with Crippen molar-refractivity contribution in [3.05, 3.63) is 27.5 Å². The van der Waals surface area contributed by atoms with Crippen molar-refractivity contribution in [1.82, 2.24) is 15.2 Å². The third-order valence-electron chi connectivity index (χ3n) is 3.84. The van der Waals surface area contributed by atoms with Crippen molar-refractivity contribution in [2.45, 2.75) is 24.9 Å². The van der Waals surface area contributed by atoms with E-state index in [0.717, 1.165) is 25.9 Å². The summed E-state index contributed by atoms with van der Waals surface area (Å²) in [4.78, 5) is 18.2. The van der Waals surface area contributed by atoms with E-state index in [1.54, 1.807) is 12.3 Å². The number of carbonyl (C=O) groups excluding carboxylic acids is 1. The first-order valence-electron chi connectivity index (χ1n) is 6.90. The molecular weight excluding hydrogens is 358 g/mol. The van der Waals surface area contributed by atoms with Crippen molar-refractivity contribution in [3.63, 3.8) is 0 Å². The third-order valence-corrected chi connectivity index (χ3v) is 4.58. The van der Waals surface area contributed by atoms with Gasteiger partial charge in [-0.25, -0.2) is 4.98 Å². The van der Waals surface area contributed by atoms with Crippen molar-refractivity contribution in [3.8, 4) is 0 Å². The minimum Gasteiger partial charge on any atom is -0.390 e. The van der Waals surface area contributed by atoms with E-state index in [1.165, 1.54) is 0 Å². The number of likely N-dealkylation sites (tertiary alicyclic amines) is 1. The van der Waals surface area contributed by atoms with E-state index < -0.39 is 5.60 Å². The lowest BCUT2D eigenvalue weighted by atomic mass is 9.88. The Bertz CT molecular complexity index is 519. The molecule has 0 radical (unpaired) electrons. The summed E-state index contributed by atoms with van der Waals surface area (Å²) in [6, 6.07) is 1.63. The summed E-state index contributed by atoms with van der Waals surface area (Å²) >= 11 is 9.18. The zero-order valence-corrected chi connectivity index (χ0v) is 14.2. The second kappa shape index (κ2) is 7.05. The van der Waals surface area contributed by atoms with Gasteiger partial charge in [-0.3, -0.25) is 4.79 Å². The number of nitrogens with one attached hydrogen (secondary N) is 1. The number of hydrogen-bond donors (Lipinski definition) is 2.